The van der Waals surface area contributed by atoms with Crippen LogP contribution in [0.2, 0.25) is 0 Å². The van der Waals surface area contributed by atoms with E-state index in [2.05, 4.69) is 228 Å². The Morgan fingerprint density at radius 3 is 1.75 bits per heavy atom. The first kappa shape index (κ1) is 33.2. The molecule has 11 rings (SSSR count). The van der Waals surface area contributed by atoms with Crippen LogP contribution in [0.15, 0.2) is 218 Å². The average molecular weight is 745 g/mol. The topological polar surface area (TPSA) is 8.17 Å². The van der Waals surface area contributed by atoms with Crippen molar-refractivity contribution in [3.8, 4) is 39.1 Å². The quantitative estimate of drug-likeness (QED) is 0.158. The molecule has 9 aromatic carbocycles. The molecule has 0 radical (unpaired) electrons. The number of benzene rings is 9. The molecule has 0 unspecified atom stereocenters. The first-order valence-corrected chi connectivity index (χ1v) is 20.3. The van der Waals surface area contributed by atoms with E-state index in [0.717, 1.165) is 28.3 Å². The predicted octanol–water partition coefficient (Wildman–Crippen LogP) is 15.6. The van der Waals surface area contributed by atoms with Gasteiger partial charge in [-0.1, -0.05) is 170 Å². The van der Waals surface area contributed by atoms with Crippen LogP contribution in [-0.2, 0) is 0 Å². The lowest BCUT2D eigenvalue weighted by molar-refractivity contribution is 1.18. The molecule has 57 heavy (non-hydrogen) atoms. The van der Waals surface area contributed by atoms with Crippen LogP contribution >= 0.6 is 11.3 Å². The van der Waals surface area contributed by atoms with Gasteiger partial charge in [0.2, 0.25) is 0 Å². The molecule has 0 N–H and O–H groups in total. The largest absolute Gasteiger partial charge is 0.310 e. The highest BCUT2D eigenvalue weighted by atomic mass is 32.1. The Balaban J connectivity index is 1.15. The molecule has 2 nitrogen and oxygen atoms in total. The van der Waals surface area contributed by atoms with E-state index in [1.807, 2.05) is 11.3 Å². The average Bonchev–Trinajstić information content (AvgIpc) is 3.83. The summed E-state index contributed by atoms with van der Waals surface area (Å²) < 4.78 is 5.11. The first-order valence-electron chi connectivity index (χ1n) is 19.4. The fraction of sp³-hybridized carbons (Fsp3) is 0. The van der Waals surface area contributed by atoms with E-state index in [1.165, 1.54) is 69.8 Å². The predicted molar refractivity (Wildman–Crippen MR) is 245 cm³/mol. The maximum Gasteiger partial charge on any atom is 0.0562 e. The lowest BCUT2D eigenvalue weighted by Gasteiger charge is -2.28. The second-order valence-corrected chi connectivity index (χ2v) is 15.5. The third-order valence-electron chi connectivity index (χ3n) is 11.2. The molecule has 3 heteroatoms. The van der Waals surface area contributed by atoms with Gasteiger partial charge in [-0.3, -0.25) is 0 Å². The normalized spacial score (nSPS) is 11.5. The lowest BCUT2D eigenvalue weighted by atomic mass is 10.0. The van der Waals surface area contributed by atoms with Gasteiger partial charge in [0.1, 0.15) is 0 Å². The third-order valence-corrected chi connectivity index (χ3v) is 12.4. The molecule has 2 aromatic heterocycles. The minimum Gasteiger partial charge on any atom is -0.310 e. The highest BCUT2D eigenvalue weighted by molar-refractivity contribution is 7.26. The van der Waals surface area contributed by atoms with E-state index in [1.54, 1.807) is 0 Å². The van der Waals surface area contributed by atoms with Crippen LogP contribution in [0.1, 0.15) is 0 Å². The number of hydrogen-bond donors (Lipinski definition) is 0. The zero-order chi connectivity index (χ0) is 37.7. The van der Waals surface area contributed by atoms with Crippen molar-refractivity contribution < 1.29 is 0 Å². The monoisotopic (exact) mass is 744 g/mol. The number of para-hydroxylation sites is 3. The van der Waals surface area contributed by atoms with Crippen LogP contribution < -0.4 is 4.90 Å². The zero-order valence-electron chi connectivity index (χ0n) is 31.1. The Kier molecular flexibility index (Phi) is 8.04. The Hall–Kier alpha value is -7.20. The summed E-state index contributed by atoms with van der Waals surface area (Å²) in [6.07, 6.45) is 0. The number of fused-ring (bicyclic) bond motifs is 6. The van der Waals surface area contributed by atoms with Gasteiger partial charge in [0.25, 0.3) is 0 Å². The lowest BCUT2D eigenvalue weighted by Crippen LogP contribution is -2.11. The van der Waals surface area contributed by atoms with Gasteiger partial charge in [0.15, 0.2) is 0 Å². The molecule has 0 aliphatic heterocycles. The fourth-order valence-corrected chi connectivity index (χ4v) is 9.83. The van der Waals surface area contributed by atoms with Crippen LogP contribution in [0.4, 0.5) is 17.1 Å². The number of aromatic nitrogens is 1. The van der Waals surface area contributed by atoms with Crippen molar-refractivity contribution >= 4 is 70.4 Å². The van der Waals surface area contributed by atoms with Gasteiger partial charge in [0.05, 0.1) is 22.4 Å². The molecular formula is C54H36N2S. The molecule has 0 saturated carbocycles. The van der Waals surface area contributed by atoms with Gasteiger partial charge >= 0.3 is 0 Å². The Bertz CT molecular complexity index is 3230. The van der Waals surface area contributed by atoms with Crippen LogP contribution in [-0.4, -0.2) is 4.57 Å². The van der Waals surface area contributed by atoms with Gasteiger partial charge in [-0.05, 0) is 65.2 Å². The van der Waals surface area contributed by atoms with Gasteiger partial charge in [-0.15, -0.1) is 11.3 Å². The third kappa shape index (κ3) is 5.63. The summed E-state index contributed by atoms with van der Waals surface area (Å²) in [6.45, 7) is 0. The van der Waals surface area contributed by atoms with Crippen molar-refractivity contribution in [2.45, 2.75) is 0 Å². The maximum absolute atomic E-state index is 2.48. The molecule has 0 amide bonds. The molecule has 2 heterocycles. The second kappa shape index (κ2) is 13.8. The van der Waals surface area contributed by atoms with Crippen molar-refractivity contribution in [3.05, 3.63) is 218 Å². The number of hydrogen-bond acceptors (Lipinski definition) is 2. The summed E-state index contributed by atoms with van der Waals surface area (Å²) in [6, 6.07) is 79.3. The van der Waals surface area contributed by atoms with Gasteiger partial charge in [0, 0.05) is 59.0 Å². The second-order valence-electron chi connectivity index (χ2n) is 14.5. The van der Waals surface area contributed by atoms with Gasteiger partial charge in [-0.2, -0.15) is 0 Å². The minimum absolute atomic E-state index is 1.09. The van der Waals surface area contributed by atoms with Crippen molar-refractivity contribution in [1.82, 2.24) is 4.57 Å². The molecule has 11 aromatic rings. The summed E-state index contributed by atoms with van der Waals surface area (Å²) in [5.74, 6) is 0. The fourth-order valence-electron chi connectivity index (χ4n) is 8.60. The Morgan fingerprint density at radius 1 is 0.351 bits per heavy atom. The summed E-state index contributed by atoms with van der Waals surface area (Å²) in [4.78, 5) is 2.42. The molecule has 0 spiro atoms. The van der Waals surface area contributed by atoms with Crippen molar-refractivity contribution in [2.24, 2.45) is 0 Å². The smallest absolute Gasteiger partial charge is 0.0562 e. The van der Waals surface area contributed by atoms with Crippen LogP contribution in [0, 0.1) is 0 Å². The van der Waals surface area contributed by atoms with Crippen LogP contribution in [0.5, 0.6) is 0 Å². The number of nitrogens with zero attached hydrogens (tertiary/aromatic N) is 2. The Morgan fingerprint density at radius 2 is 0.930 bits per heavy atom. The van der Waals surface area contributed by atoms with Gasteiger partial charge in [-0.25, -0.2) is 0 Å². The van der Waals surface area contributed by atoms with E-state index in [4.69, 9.17) is 0 Å². The molecule has 0 bridgehead atoms. The number of thiophene rings is 1. The summed E-state index contributed by atoms with van der Waals surface area (Å²) in [5, 5.41) is 5.07. The van der Waals surface area contributed by atoms with E-state index in [0.29, 0.717) is 0 Å². The first-order chi connectivity index (χ1) is 28.3. The van der Waals surface area contributed by atoms with E-state index < -0.39 is 0 Å². The molecule has 0 atom stereocenters. The van der Waals surface area contributed by atoms with E-state index >= 15 is 0 Å². The van der Waals surface area contributed by atoms with Crippen molar-refractivity contribution in [3.63, 3.8) is 0 Å². The van der Waals surface area contributed by atoms with Crippen LogP contribution in [0.3, 0.4) is 0 Å². The minimum atomic E-state index is 1.09. The summed E-state index contributed by atoms with van der Waals surface area (Å²) in [5.41, 5.74) is 14.0. The molecular weight excluding hydrogens is 709 g/mol. The van der Waals surface area contributed by atoms with Crippen LogP contribution in [0.25, 0.3) is 81.0 Å². The number of anilines is 3. The SMILES string of the molecule is c1ccc(-c2ccc(N(c3ccc4c5ccccc5n(-c5ccccc5-c5cccc6c5sc5ccccc56)c4c3)c3ccccc3-c3ccccc3)cc2)cc1. The van der Waals surface area contributed by atoms with Gasteiger partial charge < -0.3 is 9.47 Å². The molecule has 268 valence electrons. The van der Waals surface area contributed by atoms with E-state index in [-0.39, 0.29) is 0 Å². The summed E-state index contributed by atoms with van der Waals surface area (Å²) >= 11 is 1.88. The highest BCUT2D eigenvalue weighted by Gasteiger charge is 2.22. The molecule has 0 saturated heterocycles. The Labute approximate surface area is 335 Å². The van der Waals surface area contributed by atoms with E-state index in [9.17, 15) is 0 Å². The summed E-state index contributed by atoms with van der Waals surface area (Å²) in [7, 11) is 0. The maximum atomic E-state index is 2.48. The highest BCUT2D eigenvalue weighted by Crippen LogP contribution is 2.46. The van der Waals surface area contributed by atoms with Crippen molar-refractivity contribution in [1.29, 1.82) is 0 Å². The molecule has 0 fully saturated rings. The number of rotatable bonds is 7. The van der Waals surface area contributed by atoms with Crippen molar-refractivity contribution in [2.75, 3.05) is 4.90 Å². The molecule has 0 aliphatic rings. The molecule has 0 aliphatic carbocycles. The zero-order valence-corrected chi connectivity index (χ0v) is 31.9. The standard InChI is InChI=1S/C54H36N2S/c1-3-16-37(17-4-1)38-30-32-40(33-31-38)55(49-26-11-7-20-42(49)39-18-5-2-6-19-39)41-34-35-45-43-21-8-12-27-50(43)56(52(45)36-41)51-28-13-9-22-44(51)47-24-15-25-48-46-23-10-14-29-53(46)57-54(47)48/h1-36H.